The van der Waals surface area contributed by atoms with Crippen LogP contribution in [0, 0.1) is 11.7 Å². The summed E-state index contributed by atoms with van der Waals surface area (Å²) in [5.41, 5.74) is 0.513. The lowest BCUT2D eigenvalue weighted by Crippen LogP contribution is -2.20. The molecule has 0 aliphatic heterocycles. The van der Waals surface area contributed by atoms with E-state index in [9.17, 15) is 14.0 Å². The molecule has 19 heavy (non-hydrogen) atoms. The summed E-state index contributed by atoms with van der Waals surface area (Å²) >= 11 is 0. The molecule has 1 aromatic rings. The number of hydrogen-bond donors (Lipinski definition) is 2. The molecule has 5 heteroatoms. The molecule has 0 aliphatic carbocycles. The van der Waals surface area contributed by atoms with Crippen LogP contribution in [0.1, 0.15) is 25.8 Å². The van der Waals surface area contributed by atoms with Gasteiger partial charge in [-0.1, -0.05) is 19.9 Å². The normalized spacial score (nSPS) is 12.4. The fourth-order valence-electron chi connectivity index (χ4n) is 1.35. The zero-order chi connectivity index (χ0) is 14.4. The largest absolute Gasteiger partial charge is 0.478 e. The molecule has 0 radical (unpaired) electrons. The van der Waals surface area contributed by atoms with Gasteiger partial charge >= 0.3 is 5.97 Å². The van der Waals surface area contributed by atoms with Gasteiger partial charge in [0.2, 0.25) is 5.91 Å². The number of anilines is 1. The van der Waals surface area contributed by atoms with Gasteiger partial charge in [0, 0.05) is 12.0 Å². The van der Waals surface area contributed by atoms with Crippen LogP contribution in [-0.2, 0) is 9.59 Å². The average molecular weight is 265 g/mol. The van der Waals surface area contributed by atoms with E-state index in [1.54, 1.807) is 6.92 Å². The van der Waals surface area contributed by atoms with Gasteiger partial charge in [0.15, 0.2) is 0 Å². The summed E-state index contributed by atoms with van der Waals surface area (Å²) in [4.78, 5) is 22.0. The lowest BCUT2D eigenvalue weighted by molar-refractivity contribution is -0.131. The summed E-state index contributed by atoms with van der Waals surface area (Å²) in [6.07, 6.45) is 2.88. The lowest BCUT2D eigenvalue weighted by Gasteiger charge is -2.10. The molecule has 1 atom stereocenters. The topological polar surface area (TPSA) is 66.4 Å². The van der Waals surface area contributed by atoms with E-state index < -0.39 is 11.8 Å². The summed E-state index contributed by atoms with van der Waals surface area (Å²) in [6, 6.07) is 4.12. The van der Waals surface area contributed by atoms with Crippen LogP contribution in [0.5, 0.6) is 0 Å². The molecule has 102 valence electrons. The second kappa shape index (κ2) is 6.68. The zero-order valence-electron chi connectivity index (χ0n) is 10.8. The van der Waals surface area contributed by atoms with Crippen LogP contribution in [0.25, 0.3) is 6.08 Å². The van der Waals surface area contributed by atoms with Crippen LogP contribution >= 0.6 is 0 Å². The fourth-order valence-corrected chi connectivity index (χ4v) is 1.35. The van der Waals surface area contributed by atoms with Gasteiger partial charge in [-0.05, 0) is 30.2 Å². The Kier molecular flexibility index (Phi) is 5.23. The van der Waals surface area contributed by atoms with Gasteiger partial charge in [0.1, 0.15) is 5.82 Å². The number of nitrogens with one attached hydrogen (secondary N) is 1. The van der Waals surface area contributed by atoms with Crippen molar-refractivity contribution < 1.29 is 19.1 Å². The van der Waals surface area contributed by atoms with Crippen molar-refractivity contribution in [2.45, 2.75) is 20.3 Å². The Morgan fingerprint density at radius 2 is 2.16 bits per heavy atom. The number of carbonyl (C=O) groups is 2. The van der Waals surface area contributed by atoms with Crippen molar-refractivity contribution in [2.24, 2.45) is 5.92 Å². The Balaban J connectivity index is 2.83. The number of benzene rings is 1. The van der Waals surface area contributed by atoms with Crippen molar-refractivity contribution in [3.8, 4) is 0 Å². The van der Waals surface area contributed by atoms with Crippen molar-refractivity contribution in [1.82, 2.24) is 0 Å². The molecular formula is C14H16FNO3. The predicted molar refractivity (Wildman–Crippen MR) is 71.2 cm³/mol. The van der Waals surface area contributed by atoms with E-state index in [2.05, 4.69) is 5.32 Å². The third-order valence-electron chi connectivity index (χ3n) is 2.73. The predicted octanol–water partition coefficient (Wildman–Crippen LogP) is 2.91. The highest BCUT2D eigenvalue weighted by Crippen LogP contribution is 2.18. The summed E-state index contributed by atoms with van der Waals surface area (Å²) in [6.45, 7) is 3.64. The Morgan fingerprint density at radius 1 is 1.47 bits per heavy atom. The highest BCUT2D eigenvalue weighted by molar-refractivity contribution is 5.92. The molecule has 0 fully saturated rings. The molecule has 1 rings (SSSR count). The average Bonchev–Trinajstić information content (AvgIpc) is 2.38. The van der Waals surface area contributed by atoms with E-state index in [-0.39, 0.29) is 17.5 Å². The monoisotopic (exact) mass is 265 g/mol. The van der Waals surface area contributed by atoms with Crippen LogP contribution in [0.15, 0.2) is 24.3 Å². The quantitative estimate of drug-likeness (QED) is 0.804. The SMILES string of the molecule is CCC(C)C(=O)Nc1ccc(/C=C/C(=O)O)cc1F. The number of carboxylic acid groups (broad SMARTS) is 1. The first-order chi connectivity index (χ1) is 8.93. The van der Waals surface area contributed by atoms with Crippen molar-refractivity contribution in [3.63, 3.8) is 0 Å². The molecular weight excluding hydrogens is 249 g/mol. The van der Waals surface area contributed by atoms with Gasteiger partial charge in [-0.15, -0.1) is 0 Å². The second-order valence-electron chi connectivity index (χ2n) is 4.21. The maximum atomic E-state index is 13.7. The molecule has 0 spiro atoms. The molecule has 0 heterocycles. The molecule has 1 aromatic carbocycles. The van der Waals surface area contributed by atoms with Crippen LogP contribution in [0.4, 0.5) is 10.1 Å². The molecule has 4 nitrogen and oxygen atoms in total. The lowest BCUT2D eigenvalue weighted by atomic mass is 10.1. The third-order valence-corrected chi connectivity index (χ3v) is 2.73. The molecule has 1 unspecified atom stereocenters. The summed E-state index contributed by atoms with van der Waals surface area (Å²) < 4.78 is 13.7. The number of carboxylic acids is 1. The number of rotatable bonds is 5. The Hall–Kier alpha value is -2.17. The molecule has 0 bridgehead atoms. The van der Waals surface area contributed by atoms with Crippen LogP contribution in [-0.4, -0.2) is 17.0 Å². The van der Waals surface area contributed by atoms with Crippen LogP contribution < -0.4 is 5.32 Å². The smallest absolute Gasteiger partial charge is 0.328 e. The molecule has 2 N–H and O–H groups in total. The number of aliphatic carboxylic acids is 1. The maximum Gasteiger partial charge on any atom is 0.328 e. The van der Waals surface area contributed by atoms with Gasteiger partial charge in [-0.3, -0.25) is 4.79 Å². The second-order valence-corrected chi connectivity index (χ2v) is 4.21. The molecule has 1 amide bonds. The van der Waals surface area contributed by atoms with E-state index in [4.69, 9.17) is 5.11 Å². The number of halogens is 1. The van der Waals surface area contributed by atoms with Crippen molar-refractivity contribution in [1.29, 1.82) is 0 Å². The van der Waals surface area contributed by atoms with Gasteiger partial charge in [-0.2, -0.15) is 0 Å². The highest BCUT2D eigenvalue weighted by Gasteiger charge is 2.12. The van der Waals surface area contributed by atoms with E-state index >= 15 is 0 Å². The van der Waals surface area contributed by atoms with Gasteiger partial charge in [-0.25, -0.2) is 9.18 Å². The Bertz CT molecular complexity index is 511. The standard InChI is InChI=1S/C14H16FNO3/c1-3-9(2)14(19)16-12-6-4-10(8-11(12)15)5-7-13(17)18/h4-9H,3H2,1-2H3,(H,16,19)(H,17,18)/b7-5+. The highest BCUT2D eigenvalue weighted by atomic mass is 19.1. The minimum atomic E-state index is -1.10. The fraction of sp³-hybridized carbons (Fsp3) is 0.286. The number of hydrogen-bond acceptors (Lipinski definition) is 2. The minimum absolute atomic E-state index is 0.0952. The van der Waals surface area contributed by atoms with Gasteiger partial charge < -0.3 is 10.4 Å². The Morgan fingerprint density at radius 3 is 2.68 bits per heavy atom. The molecule has 0 saturated heterocycles. The number of carbonyl (C=O) groups excluding carboxylic acids is 1. The zero-order valence-corrected chi connectivity index (χ0v) is 10.8. The van der Waals surface area contributed by atoms with Crippen molar-refractivity contribution >= 4 is 23.6 Å². The van der Waals surface area contributed by atoms with Gasteiger partial charge in [0.05, 0.1) is 5.69 Å². The molecule has 0 aromatic heterocycles. The van der Waals surface area contributed by atoms with Crippen molar-refractivity contribution in [3.05, 3.63) is 35.7 Å². The van der Waals surface area contributed by atoms with Gasteiger partial charge in [0.25, 0.3) is 0 Å². The van der Waals surface area contributed by atoms with E-state index in [1.807, 2.05) is 6.92 Å². The Labute approximate surface area is 110 Å². The van der Waals surface area contributed by atoms with Crippen LogP contribution in [0.2, 0.25) is 0 Å². The summed E-state index contributed by atoms with van der Waals surface area (Å²) in [5, 5.41) is 11.0. The van der Waals surface area contributed by atoms with E-state index in [1.165, 1.54) is 24.3 Å². The summed E-state index contributed by atoms with van der Waals surface area (Å²) in [5.74, 6) is -2.13. The first-order valence-electron chi connectivity index (χ1n) is 5.95. The van der Waals surface area contributed by atoms with E-state index in [0.29, 0.717) is 12.0 Å². The van der Waals surface area contributed by atoms with E-state index in [0.717, 1.165) is 6.08 Å². The maximum absolute atomic E-state index is 13.7. The van der Waals surface area contributed by atoms with Crippen LogP contribution in [0.3, 0.4) is 0 Å². The number of amides is 1. The first kappa shape index (κ1) is 14.9. The van der Waals surface area contributed by atoms with Crippen molar-refractivity contribution in [2.75, 3.05) is 5.32 Å². The minimum Gasteiger partial charge on any atom is -0.478 e. The molecule has 0 aliphatic rings. The molecule has 0 saturated carbocycles. The first-order valence-corrected chi connectivity index (χ1v) is 5.95. The summed E-state index contributed by atoms with van der Waals surface area (Å²) in [7, 11) is 0. The third kappa shape index (κ3) is 4.54.